The van der Waals surface area contributed by atoms with Gasteiger partial charge in [-0.2, -0.15) is 0 Å². The molecule has 0 saturated carbocycles. The summed E-state index contributed by atoms with van der Waals surface area (Å²) in [5.74, 6) is 0.228. The minimum absolute atomic E-state index is 0.116. The van der Waals surface area contributed by atoms with E-state index in [9.17, 15) is 9.59 Å². The fraction of sp³-hybridized carbons (Fsp3) is 0.217. The minimum Gasteiger partial charge on any atom is -0.486 e. The number of carbonyl (C=O) groups excluding carboxylic acids is 2. The molecule has 1 saturated heterocycles. The molecular formula is C23H20N4O3. The molecule has 0 aliphatic carbocycles. The molecule has 2 bridgehead atoms. The van der Waals surface area contributed by atoms with Crippen LogP contribution in [-0.2, 0) is 11.3 Å². The lowest BCUT2D eigenvalue weighted by Crippen LogP contribution is -2.48. The number of likely N-dealkylation sites (tertiary alicyclic amines) is 1. The third-order valence-electron chi connectivity index (χ3n) is 5.49. The second-order valence-corrected chi connectivity index (χ2v) is 7.42. The van der Waals surface area contributed by atoms with Crippen LogP contribution in [0.4, 0.5) is 5.69 Å². The average Bonchev–Trinajstić information content (AvgIpc) is 3.22. The lowest BCUT2D eigenvalue weighted by atomic mass is 10.1. The highest BCUT2D eigenvalue weighted by molar-refractivity contribution is 6.03. The number of hydrogen-bond acceptors (Lipinski definition) is 5. The zero-order valence-electron chi connectivity index (χ0n) is 16.2. The highest BCUT2D eigenvalue weighted by Gasteiger charge is 2.45. The molecule has 3 heterocycles. The van der Waals surface area contributed by atoms with Gasteiger partial charge >= 0.3 is 0 Å². The highest BCUT2D eigenvalue weighted by Crippen LogP contribution is 2.37. The van der Waals surface area contributed by atoms with Gasteiger partial charge in [0.05, 0.1) is 25.0 Å². The Kier molecular flexibility index (Phi) is 4.63. The lowest BCUT2D eigenvalue weighted by Gasteiger charge is -2.31. The van der Waals surface area contributed by atoms with E-state index in [2.05, 4.69) is 9.97 Å². The fourth-order valence-electron chi connectivity index (χ4n) is 4.09. The first-order chi connectivity index (χ1) is 14.7. The van der Waals surface area contributed by atoms with Crippen LogP contribution in [0.2, 0.25) is 0 Å². The number of hydrogen-bond donors (Lipinski definition) is 0. The van der Waals surface area contributed by atoms with Crippen LogP contribution in [0.5, 0.6) is 5.75 Å². The van der Waals surface area contributed by atoms with Crippen LogP contribution in [0.3, 0.4) is 0 Å². The van der Waals surface area contributed by atoms with Gasteiger partial charge in [-0.3, -0.25) is 14.6 Å². The largest absolute Gasteiger partial charge is 0.486 e. The summed E-state index contributed by atoms with van der Waals surface area (Å²) in [6.45, 7) is 0.730. The third-order valence-corrected chi connectivity index (χ3v) is 5.49. The van der Waals surface area contributed by atoms with Crippen LogP contribution in [0.25, 0.3) is 0 Å². The Morgan fingerprint density at radius 1 is 1.07 bits per heavy atom. The second-order valence-electron chi connectivity index (χ2n) is 7.42. The van der Waals surface area contributed by atoms with E-state index in [0.29, 0.717) is 25.3 Å². The minimum atomic E-state index is -0.610. The lowest BCUT2D eigenvalue weighted by molar-refractivity contribution is -0.122. The molecule has 5 rings (SSSR count). The fourth-order valence-corrected chi connectivity index (χ4v) is 4.09. The smallest absolute Gasteiger partial charge is 0.274 e. The summed E-state index contributed by atoms with van der Waals surface area (Å²) in [6, 6.07) is 16.7. The van der Waals surface area contributed by atoms with E-state index in [1.54, 1.807) is 9.80 Å². The molecule has 1 aromatic heterocycles. The number of nitrogens with zero attached hydrogens (tertiary/aromatic N) is 4. The number of carbonyl (C=O) groups is 2. The molecule has 0 N–H and O–H groups in total. The molecule has 2 aliphatic rings. The molecule has 7 heteroatoms. The van der Waals surface area contributed by atoms with Gasteiger partial charge in [-0.25, -0.2) is 4.98 Å². The SMILES string of the molecule is O=C1C2CC(CN2C(=O)c2cnccn2)Oc2ccccc2N1Cc1ccccc1. The number of rotatable bonds is 3. The van der Waals surface area contributed by atoms with Crippen molar-refractivity contribution in [2.75, 3.05) is 11.4 Å². The first-order valence-corrected chi connectivity index (χ1v) is 9.88. The Bertz CT molecular complexity index is 1070. The zero-order valence-corrected chi connectivity index (χ0v) is 16.2. The van der Waals surface area contributed by atoms with Crippen molar-refractivity contribution >= 4 is 17.5 Å². The number of anilines is 1. The van der Waals surface area contributed by atoms with Crippen LogP contribution in [0, 0.1) is 0 Å². The summed E-state index contributed by atoms with van der Waals surface area (Å²) in [5, 5.41) is 0. The first kappa shape index (κ1) is 18.3. The predicted octanol–water partition coefficient (Wildman–Crippen LogP) is 2.69. The summed E-state index contributed by atoms with van der Waals surface area (Å²) in [4.78, 5) is 38.2. The van der Waals surface area contributed by atoms with Crippen molar-refractivity contribution in [3.8, 4) is 5.75 Å². The number of para-hydroxylation sites is 2. The number of fused-ring (bicyclic) bond motifs is 3. The molecule has 3 aromatic rings. The Morgan fingerprint density at radius 3 is 2.67 bits per heavy atom. The quantitative estimate of drug-likeness (QED) is 0.676. The van der Waals surface area contributed by atoms with E-state index in [-0.39, 0.29) is 23.6 Å². The van der Waals surface area contributed by atoms with Gasteiger partial charge in [-0.05, 0) is 17.7 Å². The van der Waals surface area contributed by atoms with Gasteiger partial charge in [0.2, 0.25) is 5.91 Å². The van der Waals surface area contributed by atoms with Crippen molar-refractivity contribution in [1.82, 2.24) is 14.9 Å². The monoisotopic (exact) mass is 400 g/mol. The maximum Gasteiger partial charge on any atom is 0.274 e. The van der Waals surface area contributed by atoms with Crippen molar-refractivity contribution in [3.63, 3.8) is 0 Å². The molecule has 2 atom stereocenters. The number of aromatic nitrogens is 2. The highest BCUT2D eigenvalue weighted by atomic mass is 16.5. The Labute approximate surface area is 173 Å². The normalized spacial score (nSPS) is 20.2. The van der Waals surface area contributed by atoms with E-state index in [4.69, 9.17) is 4.74 Å². The molecule has 1 fully saturated rings. The van der Waals surface area contributed by atoms with Gasteiger partial charge < -0.3 is 14.5 Å². The number of amides is 2. The summed E-state index contributed by atoms with van der Waals surface area (Å²) >= 11 is 0. The molecule has 2 unspecified atom stereocenters. The first-order valence-electron chi connectivity index (χ1n) is 9.88. The topological polar surface area (TPSA) is 75.6 Å². The van der Waals surface area contributed by atoms with Crippen LogP contribution >= 0.6 is 0 Å². The van der Waals surface area contributed by atoms with E-state index in [1.807, 2.05) is 54.6 Å². The maximum absolute atomic E-state index is 13.7. The molecule has 2 amide bonds. The van der Waals surface area contributed by atoms with Gasteiger partial charge in [-0.1, -0.05) is 42.5 Å². The van der Waals surface area contributed by atoms with Crippen molar-refractivity contribution < 1.29 is 14.3 Å². The molecule has 150 valence electrons. The molecule has 0 radical (unpaired) electrons. The van der Waals surface area contributed by atoms with E-state index >= 15 is 0 Å². The average molecular weight is 400 g/mol. The molecule has 2 aliphatic heterocycles. The Balaban J connectivity index is 1.53. The maximum atomic E-state index is 13.7. The van der Waals surface area contributed by atoms with Gasteiger partial charge in [0.25, 0.3) is 5.91 Å². The molecular weight excluding hydrogens is 380 g/mol. The van der Waals surface area contributed by atoms with Crippen LogP contribution in [0.15, 0.2) is 73.2 Å². The van der Waals surface area contributed by atoms with Crippen molar-refractivity contribution in [2.24, 2.45) is 0 Å². The predicted molar refractivity (Wildman–Crippen MR) is 110 cm³/mol. The molecule has 0 spiro atoms. The summed E-state index contributed by atoms with van der Waals surface area (Å²) in [6.07, 6.45) is 4.61. The number of ether oxygens (including phenoxy) is 1. The zero-order chi connectivity index (χ0) is 20.5. The van der Waals surface area contributed by atoms with Crippen LogP contribution in [0.1, 0.15) is 22.5 Å². The molecule has 2 aromatic carbocycles. The van der Waals surface area contributed by atoms with Crippen molar-refractivity contribution in [1.29, 1.82) is 0 Å². The van der Waals surface area contributed by atoms with Gasteiger partial charge in [0, 0.05) is 18.8 Å². The Hall–Kier alpha value is -3.74. The van der Waals surface area contributed by atoms with E-state index in [0.717, 1.165) is 11.3 Å². The molecule has 7 nitrogen and oxygen atoms in total. The van der Waals surface area contributed by atoms with E-state index in [1.165, 1.54) is 18.6 Å². The third kappa shape index (κ3) is 3.28. The van der Waals surface area contributed by atoms with Gasteiger partial charge in [0.15, 0.2) is 0 Å². The van der Waals surface area contributed by atoms with Crippen LogP contribution < -0.4 is 9.64 Å². The van der Waals surface area contributed by atoms with Crippen LogP contribution in [-0.4, -0.2) is 45.4 Å². The summed E-state index contributed by atoms with van der Waals surface area (Å²) < 4.78 is 6.24. The van der Waals surface area contributed by atoms with Crippen molar-refractivity contribution in [3.05, 3.63) is 84.4 Å². The molecule has 30 heavy (non-hydrogen) atoms. The van der Waals surface area contributed by atoms with Crippen molar-refractivity contribution in [2.45, 2.75) is 25.1 Å². The second kappa shape index (κ2) is 7.59. The number of benzene rings is 2. The Morgan fingerprint density at radius 2 is 1.87 bits per heavy atom. The standard InChI is InChI=1S/C23H20N4O3/c28-22(18-13-24-10-11-25-18)27-15-17-12-20(27)23(29)26(14-16-6-2-1-3-7-16)19-8-4-5-9-21(19)30-17/h1-11,13,17,20H,12,14-15H2. The van der Waals surface area contributed by atoms with Gasteiger partial charge in [0.1, 0.15) is 23.6 Å². The summed E-state index contributed by atoms with van der Waals surface area (Å²) in [7, 11) is 0. The summed E-state index contributed by atoms with van der Waals surface area (Å²) in [5.41, 5.74) is 1.94. The van der Waals surface area contributed by atoms with E-state index < -0.39 is 6.04 Å². The van der Waals surface area contributed by atoms with Gasteiger partial charge in [-0.15, -0.1) is 0 Å².